The van der Waals surface area contributed by atoms with E-state index in [2.05, 4.69) is 9.72 Å². The highest BCUT2D eigenvalue weighted by atomic mass is 16.5. The fourth-order valence-electron chi connectivity index (χ4n) is 1.43. The number of carbonyl (C=O) groups is 1. The molecule has 1 aromatic rings. The van der Waals surface area contributed by atoms with Crippen LogP contribution in [0.1, 0.15) is 27.3 Å². The number of ether oxygens (including phenoxy) is 1. The molecule has 0 saturated heterocycles. The largest absolute Gasteiger partial charge is 0.465 e. The summed E-state index contributed by atoms with van der Waals surface area (Å²) in [5, 5.41) is 0. The maximum absolute atomic E-state index is 11.3. The molecule has 0 spiro atoms. The fraction of sp³-hybridized carbons (Fsp3) is 0.400. The number of carbonyl (C=O) groups excluding carboxylic acids is 1. The molecule has 3 heteroatoms. The van der Waals surface area contributed by atoms with Crippen molar-refractivity contribution in [2.75, 3.05) is 7.11 Å². The molecule has 0 bridgehead atoms. The lowest BCUT2D eigenvalue weighted by Crippen LogP contribution is -2.08. The summed E-state index contributed by atoms with van der Waals surface area (Å²) in [4.78, 5) is 15.5. The number of rotatable bonds is 1. The molecular weight excluding hydrogens is 166 g/mol. The first-order valence-corrected chi connectivity index (χ1v) is 4.09. The van der Waals surface area contributed by atoms with Gasteiger partial charge in [-0.3, -0.25) is 4.98 Å². The zero-order valence-electron chi connectivity index (χ0n) is 8.34. The van der Waals surface area contributed by atoms with E-state index in [9.17, 15) is 4.79 Å². The number of hydrogen-bond acceptors (Lipinski definition) is 3. The van der Waals surface area contributed by atoms with Crippen LogP contribution in [-0.4, -0.2) is 18.1 Å². The number of esters is 1. The molecule has 0 radical (unpaired) electrons. The Morgan fingerprint density at radius 1 is 1.38 bits per heavy atom. The molecule has 0 aliphatic rings. The van der Waals surface area contributed by atoms with Crippen molar-refractivity contribution in [1.82, 2.24) is 4.98 Å². The van der Waals surface area contributed by atoms with Gasteiger partial charge in [0, 0.05) is 5.69 Å². The van der Waals surface area contributed by atoms with Gasteiger partial charge in [-0.2, -0.15) is 0 Å². The summed E-state index contributed by atoms with van der Waals surface area (Å²) in [7, 11) is 1.38. The van der Waals surface area contributed by atoms with E-state index in [1.54, 1.807) is 0 Å². The van der Waals surface area contributed by atoms with Crippen LogP contribution in [-0.2, 0) is 4.74 Å². The second-order valence-electron chi connectivity index (χ2n) is 3.03. The first kappa shape index (κ1) is 9.71. The quantitative estimate of drug-likeness (QED) is 0.617. The van der Waals surface area contributed by atoms with Crippen molar-refractivity contribution in [3.8, 4) is 0 Å². The standard InChI is InChI=1S/C10H13NO2/c1-6-5-7(2)11-8(3)9(6)10(12)13-4/h5H,1-4H3. The van der Waals surface area contributed by atoms with E-state index in [0.29, 0.717) is 5.56 Å². The molecule has 13 heavy (non-hydrogen) atoms. The van der Waals surface area contributed by atoms with Gasteiger partial charge in [0.05, 0.1) is 18.4 Å². The summed E-state index contributed by atoms with van der Waals surface area (Å²) in [5.41, 5.74) is 3.14. The molecule has 3 nitrogen and oxygen atoms in total. The van der Waals surface area contributed by atoms with Gasteiger partial charge in [0.25, 0.3) is 0 Å². The monoisotopic (exact) mass is 179 g/mol. The highest BCUT2D eigenvalue weighted by Crippen LogP contribution is 2.13. The molecule has 0 fully saturated rings. The average molecular weight is 179 g/mol. The number of hydrogen-bond donors (Lipinski definition) is 0. The smallest absolute Gasteiger partial charge is 0.339 e. The van der Waals surface area contributed by atoms with Crippen LogP contribution in [0.2, 0.25) is 0 Å². The van der Waals surface area contributed by atoms with Crippen LogP contribution in [0.15, 0.2) is 6.07 Å². The minimum atomic E-state index is -0.317. The number of pyridine rings is 1. The van der Waals surface area contributed by atoms with Gasteiger partial charge in [-0.05, 0) is 32.4 Å². The molecule has 70 valence electrons. The Morgan fingerprint density at radius 2 is 2.00 bits per heavy atom. The summed E-state index contributed by atoms with van der Waals surface area (Å²) in [6, 6.07) is 1.87. The SMILES string of the molecule is COC(=O)c1c(C)cc(C)nc1C. The Bertz CT molecular complexity index is 322. The van der Waals surface area contributed by atoms with Gasteiger partial charge in [-0.15, -0.1) is 0 Å². The van der Waals surface area contributed by atoms with E-state index in [0.717, 1.165) is 17.0 Å². The second-order valence-corrected chi connectivity index (χ2v) is 3.03. The van der Waals surface area contributed by atoms with E-state index in [-0.39, 0.29) is 5.97 Å². The Hall–Kier alpha value is -1.38. The maximum atomic E-state index is 11.3. The van der Waals surface area contributed by atoms with Gasteiger partial charge in [0.1, 0.15) is 0 Å². The highest BCUT2D eigenvalue weighted by molar-refractivity contribution is 5.92. The van der Waals surface area contributed by atoms with Crippen molar-refractivity contribution in [2.24, 2.45) is 0 Å². The molecule has 0 aromatic carbocycles. The molecule has 1 heterocycles. The minimum Gasteiger partial charge on any atom is -0.465 e. The molecule has 0 amide bonds. The number of aryl methyl sites for hydroxylation is 3. The van der Waals surface area contributed by atoms with Gasteiger partial charge in [0.15, 0.2) is 0 Å². The zero-order valence-corrected chi connectivity index (χ0v) is 8.34. The van der Waals surface area contributed by atoms with E-state index in [4.69, 9.17) is 0 Å². The van der Waals surface area contributed by atoms with Gasteiger partial charge in [0.2, 0.25) is 0 Å². The molecule has 0 aliphatic carbocycles. The molecule has 1 rings (SSSR count). The van der Waals surface area contributed by atoms with Crippen molar-refractivity contribution in [3.63, 3.8) is 0 Å². The third-order valence-corrected chi connectivity index (χ3v) is 1.92. The van der Waals surface area contributed by atoms with Crippen molar-refractivity contribution in [2.45, 2.75) is 20.8 Å². The van der Waals surface area contributed by atoms with Gasteiger partial charge in [-0.1, -0.05) is 0 Å². The molecule has 0 aliphatic heterocycles. The minimum absolute atomic E-state index is 0.317. The first-order valence-electron chi connectivity index (χ1n) is 4.09. The van der Waals surface area contributed by atoms with Gasteiger partial charge in [-0.25, -0.2) is 4.79 Å². The predicted octanol–water partition coefficient (Wildman–Crippen LogP) is 1.79. The third-order valence-electron chi connectivity index (χ3n) is 1.92. The van der Waals surface area contributed by atoms with E-state index in [1.165, 1.54) is 7.11 Å². The predicted molar refractivity (Wildman–Crippen MR) is 49.8 cm³/mol. The maximum Gasteiger partial charge on any atom is 0.339 e. The van der Waals surface area contributed by atoms with Crippen LogP contribution < -0.4 is 0 Å². The molecule has 0 saturated carbocycles. The molecular formula is C10H13NO2. The lowest BCUT2D eigenvalue weighted by molar-refractivity contribution is 0.0598. The molecule has 1 aromatic heterocycles. The summed E-state index contributed by atoms with van der Waals surface area (Å²) >= 11 is 0. The molecule has 0 unspecified atom stereocenters. The Labute approximate surface area is 77.8 Å². The van der Waals surface area contributed by atoms with Crippen LogP contribution in [0.5, 0.6) is 0 Å². The van der Waals surface area contributed by atoms with Crippen LogP contribution in [0.25, 0.3) is 0 Å². The average Bonchev–Trinajstić information content (AvgIpc) is 2.02. The van der Waals surface area contributed by atoms with Crippen LogP contribution in [0.4, 0.5) is 0 Å². The van der Waals surface area contributed by atoms with Gasteiger partial charge < -0.3 is 4.74 Å². The van der Waals surface area contributed by atoms with Crippen LogP contribution in [0.3, 0.4) is 0 Å². The normalized spacial score (nSPS) is 9.85. The Morgan fingerprint density at radius 3 is 2.46 bits per heavy atom. The summed E-state index contributed by atoms with van der Waals surface area (Å²) in [6.45, 7) is 5.60. The lowest BCUT2D eigenvalue weighted by Gasteiger charge is -2.07. The van der Waals surface area contributed by atoms with Crippen molar-refractivity contribution < 1.29 is 9.53 Å². The fourth-order valence-corrected chi connectivity index (χ4v) is 1.43. The third kappa shape index (κ3) is 1.86. The van der Waals surface area contributed by atoms with Crippen molar-refractivity contribution >= 4 is 5.97 Å². The highest BCUT2D eigenvalue weighted by Gasteiger charge is 2.13. The Kier molecular flexibility index (Phi) is 2.66. The van der Waals surface area contributed by atoms with E-state index in [1.807, 2.05) is 26.8 Å². The summed E-state index contributed by atoms with van der Waals surface area (Å²) in [6.07, 6.45) is 0. The summed E-state index contributed by atoms with van der Waals surface area (Å²) < 4.78 is 4.66. The van der Waals surface area contributed by atoms with Crippen molar-refractivity contribution in [3.05, 3.63) is 28.6 Å². The first-order chi connectivity index (χ1) is 6.06. The lowest BCUT2D eigenvalue weighted by atomic mass is 10.1. The van der Waals surface area contributed by atoms with E-state index < -0.39 is 0 Å². The van der Waals surface area contributed by atoms with Crippen molar-refractivity contribution in [1.29, 1.82) is 0 Å². The molecule has 0 N–H and O–H groups in total. The van der Waals surface area contributed by atoms with Gasteiger partial charge >= 0.3 is 5.97 Å². The Balaban J connectivity index is 3.28. The number of aromatic nitrogens is 1. The van der Waals surface area contributed by atoms with E-state index >= 15 is 0 Å². The number of nitrogens with zero attached hydrogens (tertiary/aromatic N) is 1. The number of methoxy groups -OCH3 is 1. The van der Waals surface area contributed by atoms with Crippen LogP contribution in [0, 0.1) is 20.8 Å². The summed E-state index contributed by atoms with van der Waals surface area (Å²) in [5.74, 6) is -0.317. The topological polar surface area (TPSA) is 39.2 Å². The molecule has 0 atom stereocenters. The zero-order chi connectivity index (χ0) is 10.0. The van der Waals surface area contributed by atoms with Crippen LogP contribution >= 0.6 is 0 Å². The second kappa shape index (κ2) is 3.56.